The topological polar surface area (TPSA) is 72.9 Å². The molecule has 1 aromatic carbocycles. The van der Waals surface area contributed by atoms with Crippen molar-refractivity contribution in [3.05, 3.63) is 23.8 Å². The number of benzene rings is 1. The van der Waals surface area contributed by atoms with Crippen LogP contribution in [0.25, 0.3) is 0 Å². The summed E-state index contributed by atoms with van der Waals surface area (Å²) in [5.41, 5.74) is 0.901. The Labute approximate surface area is 160 Å². The van der Waals surface area contributed by atoms with Gasteiger partial charge in [0.25, 0.3) is 5.91 Å². The van der Waals surface area contributed by atoms with E-state index in [0.717, 1.165) is 25.7 Å². The first-order chi connectivity index (χ1) is 12.8. The number of Topliss-reactive ketones (excluding diaryl/α,β-unsaturated/α-hetero) is 1. The maximum Gasteiger partial charge on any atom is 0.326 e. The van der Waals surface area contributed by atoms with Crippen molar-refractivity contribution in [1.82, 2.24) is 0 Å². The van der Waals surface area contributed by atoms with Crippen molar-refractivity contribution in [3.63, 3.8) is 0 Å². The fourth-order valence-corrected chi connectivity index (χ4v) is 2.98. The second-order valence-corrected chi connectivity index (χ2v) is 7.23. The Bertz CT molecular complexity index is 698. The maximum absolute atomic E-state index is 12.9. The molecule has 1 aliphatic rings. The van der Waals surface area contributed by atoms with E-state index in [1.165, 1.54) is 11.8 Å². The van der Waals surface area contributed by atoms with Gasteiger partial charge in [-0.2, -0.15) is 0 Å². The van der Waals surface area contributed by atoms with Crippen LogP contribution in [-0.2, 0) is 14.3 Å². The lowest BCUT2D eigenvalue weighted by Gasteiger charge is -2.35. The fraction of sp³-hybridized carbons (Fsp3) is 0.571. The molecule has 6 nitrogen and oxygen atoms in total. The number of carbonyl (C=O) groups is 3. The molecule has 0 fully saturated rings. The van der Waals surface area contributed by atoms with Gasteiger partial charge in [0.05, 0.1) is 12.3 Å². The Morgan fingerprint density at radius 3 is 2.59 bits per heavy atom. The number of hydrogen-bond acceptors (Lipinski definition) is 5. The van der Waals surface area contributed by atoms with E-state index in [0.29, 0.717) is 23.6 Å². The number of nitrogens with zero attached hydrogens (tertiary/aromatic N) is 1. The van der Waals surface area contributed by atoms with E-state index in [9.17, 15) is 14.4 Å². The van der Waals surface area contributed by atoms with E-state index in [1.54, 1.807) is 18.2 Å². The predicted octanol–water partition coefficient (Wildman–Crippen LogP) is 3.76. The number of esters is 1. The average molecular weight is 375 g/mol. The van der Waals surface area contributed by atoms with Crippen LogP contribution in [-0.4, -0.2) is 36.9 Å². The monoisotopic (exact) mass is 375 g/mol. The highest BCUT2D eigenvalue weighted by Gasteiger charge is 2.37. The van der Waals surface area contributed by atoms with E-state index in [2.05, 4.69) is 6.92 Å². The van der Waals surface area contributed by atoms with E-state index in [4.69, 9.17) is 9.47 Å². The van der Waals surface area contributed by atoms with Crippen molar-refractivity contribution >= 4 is 23.3 Å². The first-order valence-corrected chi connectivity index (χ1v) is 9.63. The van der Waals surface area contributed by atoms with Gasteiger partial charge in [-0.3, -0.25) is 19.3 Å². The van der Waals surface area contributed by atoms with E-state index in [1.807, 2.05) is 13.8 Å². The zero-order chi connectivity index (χ0) is 20.0. The minimum absolute atomic E-state index is 0.0503. The summed E-state index contributed by atoms with van der Waals surface area (Å²) in [6.07, 6.45) is 3.38. The first-order valence-electron chi connectivity index (χ1n) is 9.63. The van der Waals surface area contributed by atoms with Crippen molar-refractivity contribution in [1.29, 1.82) is 0 Å². The SMILES string of the molecule is CCCCCCOC(=O)CN1C(=O)C(C(C)C)Oc2ccc(C(C)=O)cc21. The van der Waals surface area contributed by atoms with Crippen molar-refractivity contribution in [2.24, 2.45) is 5.92 Å². The van der Waals surface area contributed by atoms with Crippen molar-refractivity contribution in [3.8, 4) is 5.75 Å². The molecule has 0 bridgehead atoms. The number of anilines is 1. The summed E-state index contributed by atoms with van der Waals surface area (Å²) in [5.74, 6) is -0.418. The summed E-state index contributed by atoms with van der Waals surface area (Å²) in [4.78, 5) is 38.2. The van der Waals surface area contributed by atoms with Gasteiger partial charge in [0.15, 0.2) is 11.9 Å². The molecule has 1 unspecified atom stereocenters. The number of hydrogen-bond donors (Lipinski definition) is 0. The Kier molecular flexibility index (Phi) is 7.39. The standard InChI is InChI=1S/C21H29NO5/c1-5-6-7-8-11-26-19(24)13-22-17-12-16(15(4)23)9-10-18(17)27-20(14(2)3)21(22)25/h9-10,12,14,20H,5-8,11,13H2,1-4H3. The van der Waals surface area contributed by atoms with Crippen LogP contribution < -0.4 is 9.64 Å². The minimum Gasteiger partial charge on any atom is -0.478 e. The quantitative estimate of drug-likeness (QED) is 0.373. The molecule has 148 valence electrons. The lowest BCUT2D eigenvalue weighted by Crippen LogP contribution is -2.50. The molecule has 1 heterocycles. The molecule has 0 radical (unpaired) electrons. The molecule has 0 aromatic heterocycles. The van der Waals surface area contributed by atoms with Gasteiger partial charge < -0.3 is 9.47 Å². The van der Waals surface area contributed by atoms with E-state index >= 15 is 0 Å². The van der Waals surface area contributed by atoms with Crippen LogP contribution in [0.5, 0.6) is 5.75 Å². The van der Waals surface area contributed by atoms with Crippen molar-refractivity contribution in [2.45, 2.75) is 59.5 Å². The summed E-state index contributed by atoms with van der Waals surface area (Å²) < 4.78 is 11.1. The number of amides is 1. The molecular weight excluding hydrogens is 346 g/mol. The summed E-state index contributed by atoms with van der Waals surface area (Å²) in [6, 6.07) is 4.94. The Morgan fingerprint density at radius 2 is 1.96 bits per heavy atom. The van der Waals surface area contributed by atoms with Crippen molar-refractivity contribution < 1.29 is 23.9 Å². The highest BCUT2D eigenvalue weighted by Crippen LogP contribution is 2.36. The van der Waals surface area contributed by atoms with Crippen LogP contribution in [0, 0.1) is 5.92 Å². The number of ketones is 1. The van der Waals surface area contributed by atoms with Gasteiger partial charge in [0.1, 0.15) is 12.3 Å². The van der Waals surface area contributed by atoms with Gasteiger partial charge in [0.2, 0.25) is 0 Å². The van der Waals surface area contributed by atoms with E-state index < -0.39 is 12.1 Å². The third kappa shape index (κ3) is 5.31. The minimum atomic E-state index is -0.668. The van der Waals surface area contributed by atoms with Crippen LogP contribution in [0.1, 0.15) is 63.7 Å². The average Bonchev–Trinajstić information content (AvgIpc) is 2.62. The second-order valence-electron chi connectivity index (χ2n) is 7.23. The summed E-state index contributed by atoms with van der Waals surface area (Å²) >= 11 is 0. The van der Waals surface area contributed by atoms with Gasteiger partial charge in [-0.05, 0) is 37.5 Å². The molecule has 0 saturated heterocycles. The molecule has 1 amide bonds. The fourth-order valence-electron chi connectivity index (χ4n) is 2.98. The number of fused-ring (bicyclic) bond motifs is 1. The second kappa shape index (κ2) is 9.53. The zero-order valence-electron chi connectivity index (χ0n) is 16.6. The molecule has 0 spiro atoms. The largest absolute Gasteiger partial charge is 0.478 e. The normalized spacial score (nSPS) is 16.1. The van der Waals surface area contributed by atoms with Crippen LogP contribution in [0.3, 0.4) is 0 Å². The molecule has 0 saturated carbocycles. The lowest BCUT2D eigenvalue weighted by molar-refractivity contribution is -0.144. The van der Waals surface area contributed by atoms with Gasteiger partial charge >= 0.3 is 5.97 Å². The third-order valence-corrected chi connectivity index (χ3v) is 4.57. The molecule has 1 aliphatic heterocycles. The van der Waals surface area contributed by atoms with Gasteiger partial charge in [-0.1, -0.05) is 40.0 Å². The molecular formula is C21H29NO5. The smallest absolute Gasteiger partial charge is 0.326 e. The molecule has 0 aliphatic carbocycles. The molecule has 1 aromatic rings. The highest BCUT2D eigenvalue weighted by molar-refractivity contribution is 6.05. The third-order valence-electron chi connectivity index (χ3n) is 4.57. The van der Waals surface area contributed by atoms with Gasteiger partial charge in [0, 0.05) is 5.56 Å². The molecule has 2 rings (SSSR count). The van der Waals surface area contributed by atoms with Crippen LogP contribution in [0.15, 0.2) is 18.2 Å². The maximum atomic E-state index is 12.9. The summed E-state index contributed by atoms with van der Waals surface area (Å²) in [5, 5.41) is 0. The first kappa shape index (κ1) is 20.9. The Balaban J connectivity index is 2.17. The molecule has 27 heavy (non-hydrogen) atoms. The molecule has 0 N–H and O–H groups in total. The molecule has 6 heteroatoms. The summed E-state index contributed by atoms with van der Waals surface area (Å²) in [7, 11) is 0. The van der Waals surface area contributed by atoms with Crippen LogP contribution >= 0.6 is 0 Å². The zero-order valence-corrected chi connectivity index (χ0v) is 16.6. The number of carbonyl (C=O) groups excluding carboxylic acids is 3. The Hall–Kier alpha value is -2.37. The van der Waals surface area contributed by atoms with Crippen LogP contribution in [0.2, 0.25) is 0 Å². The Morgan fingerprint density at radius 1 is 1.22 bits per heavy atom. The highest BCUT2D eigenvalue weighted by atomic mass is 16.5. The van der Waals surface area contributed by atoms with Crippen molar-refractivity contribution in [2.75, 3.05) is 18.1 Å². The molecule has 1 atom stereocenters. The van der Waals surface area contributed by atoms with Crippen LogP contribution in [0.4, 0.5) is 5.69 Å². The van der Waals surface area contributed by atoms with Gasteiger partial charge in [-0.25, -0.2) is 0 Å². The number of unbranched alkanes of at least 4 members (excludes halogenated alkanes) is 3. The summed E-state index contributed by atoms with van der Waals surface area (Å²) in [6.45, 7) is 7.52. The number of rotatable bonds is 9. The lowest BCUT2D eigenvalue weighted by atomic mass is 10.0. The predicted molar refractivity (Wildman–Crippen MR) is 103 cm³/mol. The van der Waals surface area contributed by atoms with E-state index in [-0.39, 0.29) is 24.2 Å². The number of ether oxygens (including phenoxy) is 2. The van der Waals surface area contributed by atoms with Gasteiger partial charge in [-0.15, -0.1) is 0 Å².